The summed E-state index contributed by atoms with van der Waals surface area (Å²) in [6, 6.07) is 7.82. The SMILES string of the molecule is N#Cc1cccnc1N1CCN(C(=O)c2cc(F)c(Cl)cc2Cl)CC1. The highest BCUT2D eigenvalue weighted by Crippen LogP contribution is 2.26. The molecule has 0 aliphatic carbocycles. The van der Waals surface area contributed by atoms with Crippen molar-refractivity contribution in [2.24, 2.45) is 0 Å². The summed E-state index contributed by atoms with van der Waals surface area (Å²) in [6.07, 6.45) is 1.63. The number of aromatic nitrogens is 1. The van der Waals surface area contributed by atoms with Gasteiger partial charge < -0.3 is 9.80 Å². The van der Waals surface area contributed by atoms with Crippen LogP contribution in [-0.2, 0) is 0 Å². The number of piperazine rings is 1. The molecule has 0 atom stereocenters. The van der Waals surface area contributed by atoms with Crippen LogP contribution in [0.15, 0.2) is 30.5 Å². The predicted molar refractivity (Wildman–Crippen MR) is 93.5 cm³/mol. The van der Waals surface area contributed by atoms with Crippen molar-refractivity contribution in [3.05, 3.63) is 57.5 Å². The highest BCUT2D eigenvalue weighted by molar-refractivity contribution is 6.36. The highest BCUT2D eigenvalue weighted by Gasteiger charge is 2.26. The van der Waals surface area contributed by atoms with E-state index in [4.69, 9.17) is 23.2 Å². The van der Waals surface area contributed by atoms with Crippen LogP contribution in [-0.4, -0.2) is 42.0 Å². The van der Waals surface area contributed by atoms with Crippen LogP contribution in [0.2, 0.25) is 10.0 Å². The van der Waals surface area contributed by atoms with Crippen molar-refractivity contribution < 1.29 is 9.18 Å². The normalized spacial score (nSPS) is 14.3. The molecule has 5 nitrogen and oxygen atoms in total. The lowest BCUT2D eigenvalue weighted by Gasteiger charge is -2.35. The summed E-state index contributed by atoms with van der Waals surface area (Å²) >= 11 is 11.7. The Morgan fingerprint density at radius 2 is 1.92 bits per heavy atom. The Labute approximate surface area is 154 Å². The van der Waals surface area contributed by atoms with Crippen LogP contribution in [0.5, 0.6) is 0 Å². The fourth-order valence-corrected chi connectivity index (χ4v) is 3.18. The molecule has 1 aromatic carbocycles. The molecule has 1 amide bonds. The summed E-state index contributed by atoms with van der Waals surface area (Å²) in [6.45, 7) is 1.87. The zero-order valence-electron chi connectivity index (χ0n) is 13.0. The number of hydrogen-bond acceptors (Lipinski definition) is 4. The summed E-state index contributed by atoms with van der Waals surface area (Å²) < 4.78 is 13.6. The average Bonchev–Trinajstić information content (AvgIpc) is 2.64. The molecular formula is C17H13Cl2FN4O. The second kappa shape index (κ2) is 7.26. The number of rotatable bonds is 2. The molecular weight excluding hydrogens is 366 g/mol. The van der Waals surface area contributed by atoms with Crippen molar-refractivity contribution >= 4 is 34.9 Å². The molecule has 0 saturated carbocycles. The molecule has 0 radical (unpaired) electrons. The van der Waals surface area contributed by atoms with Gasteiger partial charge in [-0.3, -0.25) is 4.79 Å². The minimum atomic E-state index is -0.680. The molecule has 1 fully saturated rings. The second-order valence-electron chi connectivity index (χ2n) is 5.51. The van der Waals surface area contributed by atoms with Crippen molar-refractivity contribution in [2.45, 2.75) is 0 Å². The van der Waals surface area contributed by atoms with Crippen LogP contribution >= 0.6 is 23.2 Å². The first-order valence-electron chi connectivity index (χ1n) is 7.55. The number of hydrogen-bond donors (Lipinski definition) is 0. The third-order valence-electron chi connectivity index (χ3n) is 4.01. The van der Waals surface area contributed by atoms with E-state index in [9.17, 15) is 14.4 Å². The van der Waals surface area contributed by atoms with Gasteiger partial charge in [-0.25, -0.2) is 9.37 Å². The predicted octanol–water partition coefficient (Wildman–Crippen LogP) is 3.36. The smallest absolute Gasteiger partial charge is 0.255 e. The number of benzene rings is 1. The molecule has 2 aromatic rings. The van der Waals surface area contributed by atoms with E-state index < -0.39 is 5.82 Å². The van der Waals surface area contributed by atoms with Crippen molar-refractivity contribution in [3.8, 4) is 6.07 Å². The van der Waals surface area contributed by atoms with E-state index in [2.05, 4.69) is 11.1 Å². The van der Waals surface area contributed by atoms with E-state index in [1.165, 1.54) is 6.07 Å². The summed E-state index contributed by atoms with van der Waals surface area (Å²) in [4.78, 5) is 20.4. The van der Waals surface area contributed by atoms with Crippen LogP contribution in [0, 0.1) is 17.1 Å². The lowest BCUT2D eigenvalue weighted by molar-refractivity contribution is 0.0746. The zero-order valence-corrected chi connectivity index (χ0v) is 14.6. The molecule has 128 valence electrons. The Morgan fingerprint density at radius 1 is 1.20 bits per heavy atom. The zero-order chi connectivity index (χ0) is 18.0. The Hall–Kier alpha value is -2.36. The van der Waals surface area contributed by atoms with Crippen molar-refractivity contribution in [2.75, 3.05) is 31.1 Å². The molecule has 0 N–H and O–H groups in total. The van der Waals surface area contributed by atoms with Gasteiger partial charge in [-0.15, -0.1) is 0 Å². The fourth-order valence-electron chi connectivity index (χ4n) is 2.71. The van der Waals surface area contributed by atoms with E-state index >= 15 is 0 Å². The van der Waals surface area contributed by atoms with Crippen LogP contribution < -0.4 is 4.90 Å². The Bertz CT molecular complexity index is 860. The van der Waals surface area contributed by atoms with E-state index in [0.717, 1.165) is 6.07 Å². The number of nitriles is 1. The maximum Gasteiger partial charge on any atom is 0.255 e. The minimum absolute atomic E-state index is 0.0903. The summed E-state index contributed by atoms with van der Waals surface area (Å²) in [5.41, 5.74) is 0.581. The molecule has 1 saturated heterocycles. The fraction of sp³-hybridized carbons (Fsp3) is 0.235. The van der Waals surface area contributed by atoms with Gasteiger partial charge in [-0.2, -0.15) is 5.26 Å². The van der Waals surface area contributed by atoms with E-state index in [0.29, 0.717) is 37.6 Å². The Morgan fingerprint density at radius 3 is 2.60 bits per heavy atom. The van der Waals surface area contributed by atoms with Gasteiger partial charge in [0.05, 0.1) is 21.2 Å². The minimum Gasteiger partial charge on any atom is -0.352 e. The van der Waals surface area contributed by atoms with Crippen molar-refractivity contribution in [3.63, 3.8) is 0 Å². The van der Waals surface area contributed by atoms with E-state index in [-0.39, 0.29) is 21.5 Å². The lowest BCUT2D eigenvalue weighted by Crippen LogP contribution is -2.49. The van der Waals surface area contributed by atoms with Crippen molar-refractivity contribution in [1.82, 2.24) is 9.88 Å². The molecule has 1 aliphatic rings. The monoisotopic (exact) mass is 378 g/mol. The molecule has 25 heavy (non-hydrogen) atoms. The maximum atomic E-state index is 13.6. The molecule has 0 spiro atoms. The maximum absolute atomic E-state index is 13.6. The first kappa shape index (κ1) is 17.5. The first-order valence-corrected chi connectivity index (χ1v) is 8.30. The second-order valence-corrected chi connectivity index (χ2v) is 6.33. The van der Waals surface area contributed by atoms with Crippen molar-refractivity contribution in [1.29, 1.82) is 5.26 Å². The standard InChI is InChI=1S/C17H13Cl2FN4O/c18-13-9-14(19)15(20)8-12(13)17(25)24-6-4-23(5-7-24)16-11(10-21)2-1-3-22-16/h1-3,8-9H,4-7H2. The third kappa shape index (κ3) is 3.53. The van der Waals surface area contributed by atoms with Crippen LogP contribution in [0.3, 0.4) is 0 Å². The van der Waals surface area contributed by atoms with Gasteiger partial charge in [0.25, 0.3) is 5.91 Å². The average molecular weight is 379 g/mol. The Balaban J connectivity index is 1.73. The van der Waals surface area contributed by atoms with Crippen LogP contribution in [0.25, 0.3) is 0 Å². The van der Waals surface area contributed by atoms with Crippen LogP contribution in [0.4, 0.5) is 10.2 Å². The van der Waals surface area contributed by atoms with Gasteiger partial charge in [0.15, 0.2) is 0 Å². The quantitative estimate of drug-likeness (QED) is 0.751. The topological polar surface area (TPSA) is 60.2 Å². The highest BCUT2D eigenvalue weighted by atomic mass is 35.5. The van der Waals surface area contributed by atoms with Gasteiger partial charge >= 0.3 is 0 Å². The van der Waals surface area contributed by atoms with Gasteiger partial charge in [-0.1, -0.05) is 23.2 Å². The number of halogens is 3. The lowest BCUT2D eigenvalue weighted by atomic mass is 10.1. The molecule has 1 aromatic heterocycles. The summed E-state index contributed by atoms with van der Waals surface area (Å²) in [7, 11) is 0. The van der Waals surface area contributed by atoms with Gasteiger partial charge in [0, 0.05) is 32.4 Å². The number of carbonyl (C=O) groups excluding carboxylic acids is 1. The number of pyridine rings is 1. The number of anilines is 1. The molecule has 2 heterocycles. The molecule has 1 aliphatic heterocycles. The van der Waals surface area contributed by atoms with E-state index in [1.54, 1.807) is 23.2 Å². The third-order valence-corrected chi connectivity index (χ3v) is 4.62. The van der Waals surface area contributed by atoms with Gasteiger partial charge in [0.2, 0.25) is 0 Å². The van der Waals surface area contributed by atoms with Crippen LogP contribution in [0.1, 0.15) is 15.9 Å². The molecule has 0 bridgehead atoms. The largest absolute Gasteiger partial charge is 0.352 e. The number of amides is 1. The van der Waals surface area contributed by atoms with E-state index in [1.807, 2.05) is 4.90 Å². The summed E-state index contributed by atoms with van der Waals surface area (Å²) in [5, 5.41) is 9.18. The summed E-state index contributed by atoms with van der Waals surface area (Å²) in [5.74, 6) is -0.422. The number of carbonyl (C=O) groups is 1. The van der Waals surface area contributed by atoms with Gasteiger partial charge in [-0.05, 0) is 24.3 Å². The molecule has 0 unspecified atom stereocenters. The van der Waals surface area contributed by atoms with Gasteiger partial charge in [0.1, 0.15) is 17.7 Å². The molecule has 3 rings (SSSR count). The number of nitrogens with zero attached hydrogens (tertiary/aromatic N) is 4. The first-order chi connectivity index (χ1) is 12.0. The molecule has 8 heteroatoms. The Kier molecular flexibility index (Phi) is 5.07.